The van der Waals surface area contributed by atoms with E-state index in [1.54, 1.807) is 11.0 Å². The summed E-state index contributed by atoms with van der Waals surface area (Å²) in [6.07, 6.45) is 3.90. The number of carbonyl (C=O) groups is 2. The fourth-order valence-corrected chi connectivity index (χ4v) is 5.60. The van der Waals surface area contributed by atoms with Gasteiger partial charge in [-0.05, 0) is 111 Å². The van der Waals surface area contributed by atoms with E-state index in [2.05, 4.69) is 19.9 Å². The summed E-state index contributed by atoms with van der Waals surface area (Å²) in [5, 5.41) is 10.3. The van der Waals surface area contributed by atoms with E-state index in [0.717, 1.165) is 52.7 Å². The van der Waals surface area contributed by atoms with Gasteiger partial charge in [-0.2, -0.15) is 0 Å². The molecule has 0 radical (unpaired) electrons. The number of amides is 1. The van der Waals surface area contributed by atoms with Crippen LogP contribution in [0.2, 0.25) is 0 Å². The van der Waals surface area contributed by atoms with Gasteiger partial charge in [0.2, 0.25) is 0 Å². The van der Waals surface area contributed by atoms with Gasteiger partial charge in [0.25, 0.3) is 5.91 Å². The maximum atomic E-state index is 13.8. The predicted molar refractivity (Wildman–Crippen MR) is 143 cm³/mol. The largest absolute Gasteiger partial charge is 0.479 e. The zero-order valence-corrected chi connectivity index (χ0v) is 23.0. The topological polar surface area (TPSA) is 66.8 Å². The summed E-state index contributed by atoms with van der Waals surface area (Å²) in [4.78, 5) is 27.6. The van der Waals surface area contributed by atoms with Gasteiger partial charge < -0.3 is 14.7 Å². The molecule has 1 heterocycles. The molecule has 37 heavy (non-hydrogen) atoms. The fraction of sp³-hybridized carbons (Fsp3) is 0.484. The average molecular weight is 508 g/mol. The van der Waals surface area contributed by atoms with Crippen LogP contribution in [0, 0.1) is 25.1 Å². The lowest BCUT2D eigenvalue weighted by molar-refractivity contribution is -0.160. The number of hydrogen-bond donors (Lipinski definition) is 1. The number of carboxylic acids is 1. The number of nitrogens with zero attached hydrogens (tertiary/aromatic N) is 1. The van der Waals surface area contributed by atoms with Crippen LogP contribution in [-0.2, 0) is 22.6 Å². The van der Waals surface area contributed by atoms with E-state index in [0.29, 0.717) is 24.2 Å². The second kappa shape index (κ2) is 9.71. The molecule has 0 bridgehead atoms. The number of hydrogen-bond acceptors (Lipinski definition) is 3. The third-order valence-electron chi connectivity index (χ3n) is 7.63. The Morgan fingerprint density at radius 2 is 1.76 bits per heavy atom. The molecule has 4 rings (SSSR count). The molecule has 0 unspecified atom stereocenters. The summed E-state index contributed by atoms with van der Waals surface area (Å²) in [6.45, 7) is 14.8. The molecule has 0 saturated carbocycles. The first kappa shape index (κ1) is 27.1. The second-order valence-electron chi connectivity index (χ2n) is 12.2. The van der Waals surface area contributed by atoms with Gasteiger partial charge >= 0.3 is 5.97 Å². The maximum absolute atomic E-state index is 13.8. The minimum absolute atomic E-state index is 0.200. The van der Waals surface area contributed by atoms with Crippen molar-refractivity contribution in [3.63, 3.8) is 0 Å². The van der Waals surface area contributed by atoms with Gasteiger partial charge in [-0.15, -0.1) is 0 Å². The highest BCUT2D eigenvalue weighted by Crippen LogP contribution is 2.46. The lowest BCUT2D eigenvalue weighted by atomic mass is 9.74. The summed E-state index contributed by atoms with van der Waals surface area (Å²) in [6, 6.07) is 5.74. The first-order valence-corrected chi connectivity index (χ1v) is 13.0. The molecule has 1 aliphatic heterocycles. The molecule has 1 atom stereocenters. The van der Waals surface area contributed by atoms with Crippen LogP contribution in [0.1, 0.15) is 104 Å². The van der Waals surface area contributed by atoms with E-state index >= 15 is 0 Å². The summed E-state index contributed by atoms with van der Waals surface area (Å²) in [7, 11) is 0. The third-order valence-corrected chi connectivity index (χ3v) is 7.63. The van der Waals surface area contributed by atoms with Crippen LogP contribution >= 0.6 is 0 Å². The molecule has 1 N–H and O–H groups in total. The maximum Gasteiger partial charge on any atom is 0.337 e. The molecule has 0 saturated heterocycles. The zero-order valence-electron chi connectivity index (χ0n) is 23.0. The molecular weight excluding hydrogens is 469 g/mol. The Labute approximate surface area is 219 Å². The van der Waals surface area contributed by atoms with Crippen LogP contribution in [0.3, 0.4) is 0 Å². The molecular formula is C31H38FNO4. The Morgan fingerprint density at radius 3 is 2.30 bits per heavy atom. The minimum atomic E-state index is -1.14. The van der Waals surface area contributed by atoms with Crippen molar-refractivity contribution in [2.45, 2.75) is 92.5 Å². The van der Waals surface area contributed by atoms with Gasteiger partial charge in [0.1, 0.15) is 5.82 Å². The highest BCUT2D eigenvalue weighted by Gasteiger charge is 2.37. The number of carbonyl (C=O) groups excluding carboxylic acids is 1. The Bertz CT molecular complexity index is 1290. The molecule has 0 fully saturated rings. The van der Waals surface area contributed by atoms with Crippen molar-refractivity contribution in [1.29, 1.82) is 0 Å². The van der Waals surface area contributed by atoms with E-state index in [-0.39, 0.29) is 11.3 Å². The molecule has 198 valence electrons. The van der Waals surface area contributed by atoms with Gasteiger partial charge in [0.15, 0.2) is 6.10 Å². The smallest absolute Gasteiger partial charge is 0.337 e. The van der Waals surface area contributed by atoms with Gasteiger partial charge in [0, 0.05) is 24.2 Å². The quantitative estimate of drug-likeness (QED) is 0.467. The van der Waals surface area contributed by atoms with E-state index < -0.39 is 23.5 Å². The van der Waals surface area contributed by atoms with Crippen molar-refractivity contribution >= 4 is 17.4 Å². The molecule has 2 aliphatic rings. The molecule has 2 aromatic carbocycles. The Balaban J connectivity index is 1.87. The summed E-state index contributed by atoms with van der Waals surface area (Å²) < 4.78 is 20.0. The molecule has 1 amide bonds. The summed E-state index contributed by atoms with van der Waals surface area (Å²) in [5.74, 6) is -1.71. The fourth-order valence-electron chi connectivity index (χ4n) is 5.60. The van der Waals surface area contributed by atoms with Crippen LogP contribution < -0.4 is 0 Å². The first-order chi connectivity index (χ1) is 17.2. The van der Waals surface area contributed by atoms with Crippen molar-refractivity contribution in [2.24, 2.45) is 5.41 Å². The zero-order chi connectivity index (χ0) is 27.3. The number of halogens is 1. The Morgan fingerprint density at radius 1 is 1.11 bits per heavy atom. The molecule has 0 spiro atoms. The molecule has 2 aromatic rings. The van der Waals surface area contributed by atoms with Crippen LogP contribution in [0.15, 0.2) is 30.3 Å². The number of allylic oxidation sites excluding steroid dienone is 2. The standard InChI is InChI=1S/C31H38FNO4/c1-18-23-16-33(28(34)21-9-8-10-22(32)15-21)17-24(23)19(2)26(27(29(35)36)37-30(3,4)5)25(18)20-11-13-31(6,7)14-12-20/h8-11,15,27H,12-14,16-17H2,1-7H3,(H,35,36)/t27-/m0/s1. The van der Waals surface area contributed by atoms with E-state index in [1.165, 1.54) is 18.2 Å². The molecule has 6 heteroatoms. The van der Waals surface area contributed by atoms with E-state index in [4.69, 9.17) is 4.74 Å². The number of carboxylic acid groups (broad SMARTS) is 1. The monoisotopic (exact) mass is 507 g/mol. The van der Waals surface area contributed by atoms with Crippen molar-refractivity contribution in [3.05, 3.63) is 75.1 Å². The molecule has 5 nitrogen and oxygen atoms in total. The number of benzene rings is 2. The van der Waals surface area contributed by atoms with Crippen LogP contribution in [-0.4, -0.2) is 27.5 Å². The third kappa shape index (κ3) is 5.49. The Kier molecular flexibility index (Phi) is 7.10. The Hall–Kier alpha value is -2.99. The lowest BCUT2D eigenvalue weighted by Gasteiger charge is -2.33. The number of rotatable bonds is 5. The van der Waals surface area contributed by atoms with Crippen molar-refractivity contribution in [2.75, 3.05) is 0 Å². The van der Waals surface area contributed by atoms with Gasteiger partial charge in [0.05, 0.1) is 5.60 Å². The summed E-state index contributed by atoms with van der Waals surface area (Å²) >= 11 is 0. The van der Waals surface area contributed by atoms with Crippen LogP contribution in [0.4, 0.5) is 4.39 Å². The minimum Gasteiger partial charge on any atom is -0.479 e. The van der Waals surface area contributed by atoms with Gasteiger partial charge in [-0.25, -0.2) is 9.18 Å². The van der Waals surface area contributed by atoms with Gasteiger partial charge in [-0.1, -0.05) is 26.0 Å². The normalized spacial score (nSPS) is 17.8. The van der Waals surface area contributed by atoms with Crippen LogP contribution in [0.25, 0.3) is 5.57 Å². The lowest BCUT2D eigenvalue weighted by Crippen LogP contribution is -2.29. The predicted octanol–water partition coefficient (Wildman–Crippen LogP) is 7.13. The second-order valence-corrected chi connectivity index (χ2v) is 12.2. The number of fused-ring (bicyclic) bond motifs is 1. The van der Waals surface area contributed by atoms with Gasteiger partial charge in [-0.3, -0.25) is 4.79 Å². The SMILES string of the molecule is Cc1c2c(c(C)c([C@H](OC(C)(C)C)C(=O)O)c1C1=CCC(C)(C)CC1)CN(C(=O)c1cccc(F)c1)C2. The van der Waals surface area contributed by atoms with Crippen molar-refractivity contribution in [3.8, 4) is 0 Å². The first-order valence-electron chi connectivity index (χ1n) is 13.0. The van der Waals surface area contributed by atoms with E-state index in [9.17, 15) is 19.1 Å². The van der Waals surface area contributed by atoms with Crippen molar-refractivity contribution < 1.29 is 23.8 Å². The summed E-state index contributed by atoms with van der Waals surface area (Å²) in [5.41, 5.74) is 6.48. The highest BCUT2D eigenvalue weighted by molar-refractivity contribution is 5.95. The number of ether oxygens (including phenoxy) is 1. The molecule has 1 aliphatic carbocycles. The van der Waals surface area contributed by atoms with Crippen molar-refractivity contribution in [1.82, 2.24) is 4.90 Å². The molecule has 0 aromatic heterocycles. The average Bonchev–Trinajstić information content (AvgIpc) is 3.25. The number of aliphatic carboxylic acids is 1. The highest BCUT2D eigenvalue weighted by atomic mass is 19.1. The van der Waals surface area contributed by atoms with Crippen LogP contribution in [0.5, 0.6) is 0 Å². The van der Waals surface area contributed by atoms with E-state index in [1.807, 2.05) is 34.6 Å².